The van der Waals surface area contributed by atoms with Gasteiger partial charge in [0.25, 0.3) is 0 Å². The molecule has 2 aromatic rings. The van der Waals surface area contributed by atoms with Gasteiger partial charge in [0.2, 0.25) is 0 Å². The highest BCUT2D eigenvalue weighted by molar-refractivity contribution is 7.51. The molecule has 110 valence electrons. The van der Waals surface area contributed by atoms with E-state index in [1.54, 1.807) is 30.3 Å². The van der Waals surface area contributed by atoms with Crippen molar-refractivity contribution in [2.24, 2.45) is 0 Å². The van der Waals surface area contributed by atoms with Crippen LogP contribution in [0.5, 0.6) is 0 Å². The SMILES string of the molecule is O=C(O)c1ccc(N(CP(=O)(O)O)c2ccccc2)cc1. The number of aromatic carboxylic acids is 1. The van der Waals surface area contributed by atoms with Crippen molar-refractivity contribution < 1.29 is 24.3 Å². The number of hydrogen-bond acceptors (Lipinski definition) is 3. The second-order valence-corrected chi connectivity index (χ2v) is 6.03. The minimum Gasteiger partial charge on any atom is -0.478 e. The topological polar surface area (TPSA) is 98.1 Å². The Bertz CT molecular complexity index is 666. The van der Waals surface area contributed by atoms with Gasteiger partial charge < -0.3 is 19.8 Å². The molecule has 0 spiro atoms. The lowest BCUT2D eigenvalue weighted by molar-refractivity contribution is 0.0697. The molecule has 0 saturated carbocycles. The van der Waals surface area contributed by atoms with Gasteiger partial charge in [-0.2, -0.15) is 0 Å². The van der Waals surface area contributed by atoms with Gasteiger partial charge in [-0.25, -0.2) is 4.79 Å². The predicted molar refractivity (Wildman–Crippen MR) is 78.9 cm³/mol. The molecule has 0 aliphatic carbocycles. The molecule has 0 aliphatic heterocycles. The summed E-state index contributed by atoms with van der Waals surface area (Å²) in [5.41, 5.74) is 1.24. The zero-order valence-electron chi connectivity index (χ0n) is 11.0. The third-order valence-electron chi connectivity index (χ3n) is 2.82. The summed E-state index contributed by atoms with van der Waals surface area (Å²) in [5, 5.41) is 8.88. The zero-order valence-corrected chi connectivity index (χ0v) is 11.9. The first kappa shape index (κ1) is 15.3. The van der Waals surface area contributed by atoms with E-state index in [1.165, 1.54) is 29.2 Å². The number of carbonyl (C=O) groups is 1. The van der Waals surface area contributed by atoms with Gasteiger partial charge >= 0.3 is 13.6 Å². The molecule has 0 saturated heterocycles. The van der Waals surface area contributed by atoms with Crippen molar-refractivity contribution in [2.75, 3.05) is 11.2 Å². The normalized spacial score (nSPS) is 11.1. The number of benzene rings is 2. The van der Waals surface area contributed by atoms with E-state index in [4.69, 9.17) is 5.11 Å². The molecule has 0 radical (unpaired) electrons. The third-order valence-corrected chi connectivity index (χ3v) is 3.47. The van der Waals surface area contributed by atoms with E-state index in [9.17, 15) is 19.1 Å². The maximum absolute atomic E-state index is 11.3. The fourth-order valence-electron chi connectivity index (χ4n) is 1.89. The summed E-state index contributed by atoms with van der Waals surface area (Å²) >= 11 is 0. The first-order valence-corrected chi connectivity index (χ1v) is 7.87. The molecule has 0 amide bonds. The highest BCUT2D eigenvalue weighted by atomic mass is 31.2. The Morgan fingerprint density at radius 3 is 1.95 bits per heavy atom. The van der Waals surface area contributed by atoms with Gasteiger partial charge in [-0.15, -0.1) is 0 Å². The quantitative estimate of drug-likeness (QED) is 0.735. The molecule has 6 nitrogen and oxygen atoms in total. The summed E-state index contributed by atoms with van der Waals surface area (Å²) in [4.78, 5) is 30.8. The van der Waals surface area contributed by atoms with Gasteiger partial charge in [0.1, 0.15) is 6.29 Å². The number of carboxylic acid groups (broad SMARTS) is 1. The molecule has 0 unspecified atom stereocenters. The fraction of sp³-hybridized carbons (Fsp3) is 0.0714. The van der Waals surface area contributed by atoms with E-state index >= 15 is 0 Å². The first-order valence-electron chi connectivity index (χ1n) is 6.07. The molecule has 21 heavy (non-hydrogen) atoms. The summed E-state index contributed by atoms with van der Waals surface area (Å²) < 4.78 is 11.3. The van der Waals surface area contributed by atoms with Gasteiger partial charge in [-0.05, 0) is 36.4 Å². The van der Waals surface area contributed by atoms with Crippen LogP contribution in [0.3, 0.4) is 0 Å². The first-order chi connectivity index (χ1) is 9.87. The minimum absolute atomic E-state index is 0.114. The Kier molecular flexibility index (Phi) is 4.43. The second kappa shape index (κ2) is 6.10. The number of rotatable bonds is 5. The van der Waals surface area contributed by atoms with Crippen LogP contribution in [0.2, 0.25) is 0 Å². The molecule has 0 aromatic heterocycles. The Hall–Kier alpha value is -2.14. The van der Waals surface area contributed by atoms with Crippen LogP contribution in [0.4, 0.5) is 11.4 Å². The predicted octanol–water partition coefficient (Wildman–Crippen LogP) is 2.66. The minimum atomic E-state index is -4.27. The van der Waals surface area contributed by atoms with E-state index in [2.05, 4.69) is 0 Å². The van der Waals surface area contributed by atoms with Gasteiger partial charge in [-0.3, -0.25) is 4.57 Å². The van der Waals surface area contributed by atoms with Gasteiger partial charge in [0.05, 0.1) is 5.56 Å². The molecule has 2 aromatic carbocycles. The van der Waals surface area contributed by atoms with Crippen LogP contribution in [-0.4, -0.2) is 27.1 Å². The van der Waals surface area contributed by atoms with Crippen LogP contribution in [-0.2, 0) is 4.57 Å². The number of hydrogen-bond donors (Lipinski definition) is 3. The molecule has 7 heteroatoms. The van der Waals surface area contributed by atoms with Crippen LogP contribution in [0.25, 0.3) is 0 Å². The van der Waals surface area contributed by atoms with Crippen molar-refractivity contribution in [1.29, 1.82) is 0 Å². The van der Waals surface area contributed by atoms with E-state index < -0.39 is 19.9 Å². The summed E-state index contributed by atoms with van der Waals surface area (Å²) in [6.07, 6.45) is -0.483. The van der Waals surface area contributed by atoms with E-state index in [0.29, 0.717) is 11.4 Å². The zero-order chi connectivity index (χ0) is 15.5. The van der Waals surface area contributed by atoms with Crippen LogP contribution in [0.1, 0.15) is 10.4 Å². The molecular weight excluding hydrogens is 293 g/mol. The van der Waals surface area contributed by atoms with Crippen LogP contribution < -0.4 is 4.90 Å². The monoisotopic (exact) mass is 307 g/mol. The smallest absolute Gasteiger partial charge is 0.345 e. The van der Waals surface area contributed by atoms with Gasteiger partial charge in [0, 0.05) is 11.4 Å². The molecule has 0 atom stereocenters. The van der Waals surface area contributed by atoms with Crippen molar-refractivity contribution in [2.45, 2.75) is 0 Å². The molecule has 0 bridgehead atoms. The standard InChI is InChI=1S/C14H14NO5P/c16-14(17)11-6-8-13(9-7-11)15(10-21(18,19)20)12-4-2-1-3-5-12/h1-9H,10H2,(H,16,17)(H2,18,19,20). The average Bonchev–Trinajstić information content (AvgIpc) is 2.45. The Labute approximate surface area is 121 Å². The van der Waals surface area contributed by atoms with E-state index in [1.807, 2.05) is 0 Å². The number of para-hydroxylation sites is 1. The molecule has 0 aliphatic rings. The van der Waals surface area contributed by atoms with Crippen LogP contribution in [0, 0.1) is 0 Å². The average molecular weight is 307 g/mol. The lowest BCUT2D eigenvalue weighted by atomic mass is 10.2. The molecular formula is C14H14NO5P. The number of carboxylic acids is 1. The summed E-state index contributed by atoms with van der Waals surface area (Å²) in [7, 11) is -4.27. The van der Waals surface area contributed by atoms with Crippen LogP contribution in [0.15, 0.2) is 54.6 Å². The van der Waals surface area contributed by atoms with Crippen molar-refractivity contribution in [3.05, 3.63) is 60.2 Å². The van der Waals surface area contributed by atoms with Gasteiger partial charge in [-0.1, -0.05) is 18.2 Å². The molecule has 2 rings (SSSR count). The van der Waals surface area contributed by atoms with Crippen molar-refractivity contribution in [3.63, 3.8) is 0 Å². The maximum atomic E-state index is 11.3. The Morgan fingerprint density at radius 2 is 1.48 bits per heavy atom. The summed E-state index contributed by atoms with van der Waals surface area (Å²) in [6.45, 7) is 0. The highest BCUT2D eigenvalue weighted by Gasteiger charge is 2.21. The Morgan fingerprint density at radius 1 is 0.952 bits per heavy atom. The van der Waals surface area contributed by atoms with E-state index in [-0.39, 0.29) is 5.56 Å². The van der Waals surface area contributed by atoms with Crippen LogP contribution >= 0.6 is 7.60 Å². The van der Waals surface area contributed by atoms with Crippen molar-refractivity contribution in [1.82, 2.24) is 0 Å². The maximum Gasteiger partial charge on any atom is 0.345 e. The summed E-state index contributed by atoms with van der Waals surface area (Å²) in [5.74, 6) is -1.05. The largest absolute Gasteiger partial charge is 0.478 e. The molecule has 0 heterocycles. The molecule has 3 N–H and O–H groups in total. The van der Waals surface area contributed by atoms with E-state index in [0.717, 1.165) is 0 Å². The lowest BCUT2D eigenvalue weighted by Crippen LogP contribution is -2.18. The van der Waals surface area contributed by atoms with Gasteiger partial charge in [0.15, 0.2) is 0 Å². The Balaban J connectivity index is 2.40. The molecule has 0 fully saturated rings. The number of anilines is 2. The summed E-state index contributed by atoms with van der Waals surface area (Å²) in [6, 6.07) is 14.6. The van der Waals surface area contributed by atoms with Crippen molar-refractivity contribution in [3.8, 4) is 0 Å². The fourth-order valence-corrected chi connectivity index (χ4v) is 2.58. The second-order valence-electron chi connectivity index (χ2n) is 4.42. The highest BCUT2D eigenvalue weighted by Crippen LogP contribution is 2.40. The van der Waals surface area contributed by atoms with Crippen molar-refractivity contribution >= 4 is 24.9 Å². The lowest BCUT2D eigenvalue weighted by Gasteiger charge is -2.25. The third kappa shape index (κ3) is 4.16. The number of nitrogens with zero attached hydrogens (tertiary/aromatic N) is 1.